The number of H-pyrrole nitrogens is 2. The molecule has 3 rings (SSSR count). The number of carbonyl (C=O) groups is 3. The van der Waals surface area contributed by atoms with Crippen molar-refractivity contribution in [2.45, 2.75) is 51.3 Å². The number of amides is 2. The molecule has 0 spiro atoms. The summed E-state index contributed by atoms with van der Waals surface area (Å²) in [4.78, 5) is 43.2. The molecule has 30 heavy (non-hydrogen) atoms. The van der Waals surface area contributed by atoms with E-state index in [9.17, 15) is 9.59 Å². The molecule has 1 fully saturated rings. The fourth-order valence-electron chi connectivity index (χ4n) is 3.41. The third kappa shape index (κ3) is 7.03. The summed E-state index contributed by atoms with van der Waals surface area (Å²) in [5.41, 5.74) is 0.600. The molecule has 3 atom stereocenters. The Morgan fingerprint density at radius 1 is 1.37 bits per heavy atom. The molecule has 0 unspecified atom stereocenters. The Kier molecular flexibility index (Phi) is 9.59. The van der Waals surface area contributed by atoms with Crippen LogP contribution in [0.4, 0.5) is 0 Å². The van der Waals surface area contributed by atoms with Crippen LogP contribution in [0, 0.1) is 5.92 Å². The first kappa shape index (κ1) is 23.1. The number of imidazole rings is 1. The van der Waals surface area contributed by atoms with Crippen LogP contribution in [0.3, 0.4) is 0 Å². The van der Waals surface area contributed by atoms with Gasteiger partial charge in [0.05, 0.1) is 24.3 Å². The Morgan fingerprint density at radius 2 is 2.17 bits per heavy atom. The van der Waals surface area contributed by atoms with E-state index in [1.807, 2.05) is 6.92 Å². The molecule has 0 aliphatic heterocycles. The van der Waals surface area contributed by atoms with Crippen LogP contribution in [0.25, 0.3) is 0 Å². The van der Waals surface area contributed by atoms with E-state index >= 15 is 0 Å². The van der Waals surface area contributed by atoms with Crippen LogP contribution in [-0.2, 0) is 20.9 Å². The second kappa shape index (κ2) is 12.4. The Bertz CT molecular complexity index is 763. The predicted molar refractivity (Wildman–Crippen MR) is 109 cm³/mol. The topological polar surface area (TPSA) is 149 Å². The van der Waals surface area contributed by atoms with E-state index in [-0.39, 0.29) is 36.4 Å². The summed E-state index contributed by atoms with van der Waals surface area (Å²) < 4.78 is 5.97. The quantitative estimate of drug-likeness (QED) is 0.409. The molecule has 1 aliphatic carbocycles. The average Bonchev–Trinajstić information content (AvgIpc) is 3.46. The average molecular weight is 419 g/mol. The van der Waals surface area contributed by atoms with Gasteiger partial charge in [-0.15, -0.1) is 0 Å². The molecule has 0 aromatic carbocycles. The summed E-state index contributed by atoms with van der Waals surface area (Å²) in [5, 5.41) is 12.9. The zero-order valence-corrected chi connectivity index (χ0v) is 17.0. The van der Waals surface area contributed by atoms with Crippen molar-refractivity contribution in [3.63, 3.8) is 0 Å². The molecule has 0 radical (unpaired) electrons. The standard InChI is InChI=1S/C19H27N5O3.CH2O2/c1-2-9-27-16-10-13(18(25)23-12-17-21-7-8-22-17)3-4-15(16)24-19(26)14-5-6-20-11-14;2-1-3/h5-8,11,13,15-16,20H,2-4,9-10,12H2,1H3,(H,21,22)(H,23,25)(H,24,26);1H,(H,2,3)/t13-,15+,16+;/m0./s1. The number of nitrogens with zero attached hydrogens (tertiary/aromatic N) is 1. The van der Waals surface area contributed by atoms with Crippen molar-refractivity contribution in [1.82, 2.24) is 25.6 Å². The Labute approximate surface area is 174 Å². The van der Waals surface area contributed by atoms with Gasteiger partial charge in [-0.25, -0.2) is 4.98 Å². The molecule has 0 saturated heterocycles. The van der Waals surface area contributed by atoms with Crippen LogP contribution < -0.4 is 10.6 Å². The fourth-order valence-corrected chi connectivity index (χ4v) is 3.41. The van der Waals surface area contributed by atoms with E-state index in [1.165, 1.54) is 0 Å². The predicted octanol–water partition coefficient (Wildman–Crippen LogP) is 1.45. The first-order valence-electron chi connectivity index (χ1n) is 9.98. The van der Waals surface area contributed by atoms with Crippen LogP contribution >= 0.6 is 0 Å². The van der Waals surface area contributed by atoms with Gasteiger partial charge in [0.2, 0.25) is 5.91 Å². The van der Waals surface area contributed by atoms with Gasteiger partial charge in [-0.1, -0.05) is 6.92 Å². The third-order valence-electron chi connectivity index (χ3n) is 4.86. The molecule has 1 aliphatic rings. The number of aromatic amines is 2. The number of hydrogen-bond acceptors (Lipinski definition) is 5. The van der Waals surface area contributed by atoms with Crippen molar-refractivity contribution < 1.29 is 24.2 Å². The summed E-state index contributed by atoms with van der Waals surface area (Å²) >= 11 is 0. The number of carboxylic acid groups (broad SMARTS) is 1. The highest BCUT2D eigenvalue weighted by Crippen LogP contribution is 2.27. The highest BCUT2D eigenvalue weighted by Gasteiger charge is 2.35. The lowest BCUT2D eigenvalue weighted by molar-refractivity contribution is -0.128. The Hall–Kier alpha value is -3.14. The summed E-state index contributed by atoms with van der Waals surface area (Å²) in [6.07, 6.45) is 9.54. The highest BCUT2D eigenvalue weighted by molar-refractivity contribution is 5.94. The molecule has 5 N–H and O–H groups in total. The maximum atomic E-state index is 12.5. The number of hydrogen-bond donors (Lipinski definition) is 5. The molecule has 2 aromatic rings. The summed E-state index contributed by atoms with van der Waals surface area (Å²) in [6.45, 7) is 2.79. The number of aromatic nitrogens is 3. The van der Waals surface area contributed by atoms with E-state index in [0.717, 1.165) is 12.2 Å². The highest BCUT2D eigenvalue weighted by atomic mass is 16.5. The normalized spacial score (nSPS) is 20.5. The summed E-state index contributed by atoms with van der Waals surface area (Å²) in [7, 11) is 0. The maximum Gasteiger partial charge on any atom is 0.290 e. The number of rotatable bonds is 8. The molecule has 2 aromatic heterocycles. The van der Waals surface area contributed by atoms with E-state index < -0.39 is 0 Å². The van der Waals surface area contributed by atoms with Crippen molar-refractivity contribution in [3.05, 3.63) is 42.2 Å². The van der Waals surface area contributed by atoms with Crippen LogP contribution in [-0.4, -0.2) is 57.1 Å². The monoisotopic (exact) mass is 419 g/mol. The van der Waals surface area contributed by atoms with Gasteiger partial charge in [0.1, 0.15) is 5.82 Å². The summed E-state index contributed by atoms with van der Waals surface area (Å²) in [6, 6.07) is 1.65. The maximum absolute atomic E-state index is 12.5. The molecule has 10 nitrogen and oxygen atoms in total. The van der Waals surface area contributed by atoms with Crippen LogP contribution in [0.5, 0.6) is 0 Å². The molecular weight excluding hydrogens is 390 g/mol. The minimum absolute atomic E-state index is 0.00640. The number of carbonyl (C=O) groups excluding carboxylic acids is 2. The van der Waals surface area contributed by atoms with Crippen LogP contribution in [0.1, 0.15) is 48.8 Å². The fraction of sp³-hybridized carbons (Fsp3) is 0.500. The molecule has 2 heterocycles. The lowest BCUT2D eigenvalue weighted by Gasteiger charge is -2.35. The van der Waals surface area contributed by atoms with Crippen molar-refractivity contribution in [3.8, 4) is 0 Å². The largest absolute Gasteiger partial charge is 0.483 e. The smallest absolute Gasteiger partial charge is 0.290 e. The van der Waals surface area contributed by atoms with E-state index in [4.69, 9.17) is 14.6 Å². The van der Waals surface area contributed by atoms with Crippen molar-refractivity contribution in [2.75, 3.05) is 6.61 Å². The minimum Gasteiger partial charge on any atom is -0.483 e. The van der Waals surface area contributed by atoms with Gasteiger partial charge < -0.3 is 30.4 Å². The van der Waals surface area contributed by atoms with Gasteiger partial charge in [-0.05, 0) is 31.7 Å². The van der Waals surface area contributed by atoms with Gasteiger partial charge in [-0.2, -0.15) is 0 Å². The molecular formula is C20H29N5O5. The number of nitrogens with one attached hydrogen (secondary N) is 4. The van der Waals surface area contributed by atoms with E-state index in [1.54, 1.807) is 30.9 Å². The lowest BCUT2D eigenvalue weighted by Crippen LogP contribution is -2.50. The first-order chi connectivity index (χ1) is 14.6. The second-order valence-electron chi connectivity index (χ2n) is 6.96. The molecule has 1 saturated carbocycles. The molecule has 164 valence electrons. The molecule has 10 heteroatoms. The van der Waals surface area contributed by atoms with Gasteiger partial charge in [0.15, 0.2) is 0 Å². The van der Waals surface area contributed by atoms with Crippen molar-refractivity contribution >= 4 is 18.3 Å². The van der Waals surface area contributed by atoms with Gasteiger partial charge in [0.25, 0.3) is 12.4 Å². The van der Waals surface area contributed by atoms with E-state index in [0.29, 0.717) is 38.0 Å². The minimum atomic E-state index is -0.250. The Balaban J connectivity index is 0.00000101. The van der Waals surface area contributed by atoms with Gasteiger partial charge in [-0.3, -0.25) is 14.4 Å². The lowest BCUT2D eigenvalue weighted by atomic mass is 9.83. The zero-order chi connectivity index (χ0) is 21.8. The van der Waals surface area contributed by atoms with Gasteiger partial charge >= 0.3 is 0 Å². The van der Waals surface area contributed by atoms with Gasteiger partial charge in [0, 0.05) is 37.3 Å². The zero-order valence-electron chi connectivity index (χ0n) is 17.0. The molecule has 0 bridgehead atoms. The van der Waals surface area contributed by atoms with Crippen LogP contribution in [0.15, 0.2) is 30.9 Å². The third-order valence-corrected chi connectivity index (χ3v) is 4.86. The second-order valence-corrected chi connectivity index (χ2v) is 6.96. The van der Waals surface area contributed by atoms with Crippen molar-refractivity contribution in [2.24, 2.45) is 5.92 Å². The van der Waals surface area contributed by atoms with Crippen molar-refractivity contribution in [1.29, 1.82) is 0 Å². The Morgan fingerprint density at radius 3 is 2.80 bits per heavy atom. The first-order valence-corrected chi connectivity index (χ1v) is 9.98. The number of ether oxygens (including phenoxy) is 1. The van der Waals surface area contributed by atoms with Crippen LogP contribution in [0.2, 0.25) is 0 Å². The van der Waals surface area contributed by atoms with E-state index in [2.05, 4.69) is 25.6 Å². The summed E-state index contributed by atoms with van der Waals surface area (Å²) in [5.74, 6) is 0.496. The molecule has 2 amide bonds. The SMILES string of the molecule is CCCO[C@@H]1C[C@@H](C(=O)NCc2ncc[nH]2)CC[C@H]1NC(=O)c1cc[nH]c1.O=CO.